The highest BCUT2D eigenvalue weighted by atomic mass is 35.5. The number of nitrogens with one attached hydrogen (secondary N) is 2. The summed E-state index contributed by atoms with van der Waals surface area (Å²) in [6, 6.07) is 5.76. The van der Waals surface area contributed by atoms with Crippen LogP contribution in [0.1, 0.15) is 51.6 Å². The Kier molecular flexibility index (Phi) is 6.00. The molecule has 1 aromatic heterocycles. The van der Waals surface area contributed by atoms with E-state index in [1.807, 2.05) is 0 Å². The van der Waals surface area contributed by atoms with E-state index in [2.05, 4.69) is 15.5 Å². The number of piperidine rings is 1. The summed E-state index contributed by atoms with van der Waals surface area (Å²) >= 11 is 0. The molecule has 0 spiro atoms. The summed E-state index contributed by atoms with van der Waals surface area (Å²) in [5, 5.41) is 10.3. The summed E-state index contributed by atoms with van der Waals surface area (Å²) in [5.74, 6) is -0.318. The largest absolute Gasteiger partial charge is 0.416 e. The lowest BCUT2D eigenvalue weighted by molar-refractivity contribution is -0.138. The van der Waals surface area contributed by atoms with Gasteiger partial charge in [-0.3, -0.25) is 9.89 Å². The summed E-state index contributed by atoms with van der Waals surface area (Å²) in [4.78, 5) is 14.6. The molecule has 5 nitrogen and oxygen atoms in total. The van der Waals surface area contributed by atoms with Crippen LogP contribution in [-0.2, 0) is 19.1 Å². The first-order valence-electron chi connectivity index (χ1n) is 9.17. The summed E-state index contributed by atoms with van der Waals surface area (Å²) < 4.78 is 39.8. The highest BCUT2D eigenvalue weighted by Gasteiger charge is 2.36. The first-order valence-corrected chi connectivity index (χ1v) is 9.17. The highest BCUT2D eigenvalue weighted by Crippen LogP contribution is 2.38. The van der Waals surface area contributed by atoms with Crippen LogP contribution in [0.4, 0.5) is 13.2 Å². The first kappa shape index (κ1) is 20.7. The van der Waals surface area contributed by atoms with Crippen LogP contribution in [0.25, 0.3) is 0 Å². The van der Waals surface area contributed by atoms with Crippen LogP contribution in [0, 0.1) is 0 Å². The van der Waals surface area contributed by atoms with E-state index in [-0.39, 0.29) is 24.2 Å². The maximum Gasteiger partial charge on any atom is 0.416 e. The van der Waals surface area contributed by atoms with Crippen molar-refractivity contribution in [2.24, 2.45) is 0 Å². The van der Waals surface area contributed by atoms with Crippen LogP contribution in [-0.4, -0.2) is 40.6 Å². The normalized spacial score (nSPS) is 17.8. The van der Waals surface area contributed by atoms with Crippen LogP contribution in [0.2, 0.25) is 0 Å². The van der Waals surface area contributed by atoms with Crippen molar-refractivity contribution < 1.29 is 18.0 Å². The van der Waals surface area contributed by atoms with E-state index in [9.17, 15) is 18.0 Å². The lowest BCUT2D eigenvalue weighted by Gasteiger charge is -2.33. The first-order chi connectivity index (χ1) is 12.9. The van der Waals surface area contributed by atoms with Crippen LogP contribution in [0.3, 0.4) is 0 Å². The number of alkyl halides is 3. The van der Waals surface area contributed by atoms with E-state index in [0.29, 0.717) is 43.7 Å². The quantitative estimate of drug-likeness (QED) is 0.790. The zero-order chi connectivity index (χ0) is 19.0. The van der Waals surface area contributed by atoms with Gasteiger partial charge in [-0.15, -0.1) is 12.4 Å². The van der Waals surface area contributed by atoms with Crippen molar-refractivity contribution in [3.8, 4) is 0 Å². The van der Waals surface area contributed by atoms with Gasteiger partial charge < -0.3 is 10.2 Å². The number of hydrogen-bond acceptors (Lipinski definition) is 3. The fourth-order valence-electron chi connectivity index (χ4n) is 4.07. The molecule has 2 aromatic rings. The Hall–Kier alpha value is -2.06. The maximum absolute atomic E-state index is 13.3. The van der Waals surface area contributed by atoms with Crippen molar-refractivity contribution >= 4 is 18.3 Å². The van der Waals surface area contributed by atoms with Gasteiger partial charge in [-0.05, 0) is 43.4 Å². The predicted molar refractivity (Wildman–Crippen MR) is 101 cm³/mol. The molecule has 28 heavy (non-hydrogen) atoms. The molecule has 3 heterocycles. The Balaban J connectivity index is 0.00000225. The molecule has 2 aliphatic rings. The minimum absolute atomic E-state index is 0. The lowest BCUT2D eigenvalue weighted by Crippen LogP contribution is -2.39. The van der Waals surface area contributed by atoms with Gasteiger partial charge in [-0.25, -0.2) is 0 Å². The van der Waals surface area contributed by atoms with Gasteiger partial charge in [-0.2, -0.15) is 18.3 Å². The van der Waals surface area contributed by atoms with Gasteiger partial charge in [0.05, 0.1) is 11.3 Å². The maximum atomic E-state index is 13.3. The molecular weight excluding hydrogens is 393 g/mol. The lowest BCUT2D eigenvalue weighted by atomic mass is 9.86. The molecule has 9 heteroatoms. The van der Waals surface area contributed by atoms with Crippen molar-refractivity contribution in [2.45, 2.75) is 37.9 Å². The van der Waals surface area contributed by atoms with Gasteiger partial charge >= 0.3 is 6.18 Å². The summed E-state index contributed by atoms with van der Waals surface area (Å²) in [6.07, 6.45) is -2.56. The number of hydrogen-bond donors (Lipinski definition) is 2. The van der Waals surface area contributed by atoms with Gasteiger partial charge in [0.25, 0.3) is 5.91 Å². The number of nitrogens with zero attached hydrogens (tertiary/aromatic N) is 2. The molecule has 0 bridgehead atoms. The fourth-order valence-corrected chi connectivity index (χ4v) is 4.07. The molecule has 0 radical (unpaired) electrons. The highest BCUT2D eigenvalue weighted by molar-refractivity contribution is 5.94. The second kappa shape index (κ2) is 8.13. The smallest absolute Gasteiger partial charge is 0.337 e. The van der Waals surface area contributed by atoms with Crippen LogP contribution < -0.4 is 5.32 Å². The van der Waals surface area contributed by atoms with Gasteiger partial charge in [0, 0.05) is 25.2 Å². The predicted octanol–water partition coefficient (Wildman–Crippen LogP) is 3.52. The molecule has 1 aromatic carbocycles. The van der Waals surface area contributed by atoms with Crippen molar-refractivity contribution in [2.75, 3.05) is 19.6 Å². The minimum Gasteiger partial charge on any atom is -0.337 e. The molecular formula is C19H22ClF3N4O. The van der Waals surface area contributed by atoms with Gasteiger partial charge in [-0.1, -0.05) is 18.2 Å². The van der Waals surface area contributed by atoms with Crippen molar-refractivity contribution in [3.63, 3.8) is 0 Å². The van der Waals surface area contributed by atoms with Crippen LogP contribution in [0.5, 0.6) is 0 Å². The SMILES string of the molecule is Cl.O=C(c1n[nH]c2c1CCNC2)N1CCC(c2ccccc2C(F)(F)F)CC1. The number of H-pyrrole nitrogens is 1. The van der Waals surface area contributed by atoms with Crippen LogP contribution in [0.15, 0.2) is 24.3 Å². The fraction of sp³-hybridized carbons (Fsp3) is 0.474. The number of halogens is 4. The van der Waals surface area contributed by atoms with E-state index in [4.69, 9.17) is 0 Å². The summed E-state index contributed by atoms with van der Waals surface area (Å²) in [5.41, 5.74) is 2.13. The standard InChI is InChI=1S/C19H21F3N4O.ClH/c20-19(21,22)15-4-2-1-3-13(15)12-6-9-26(10-7-12)18(27)17-14-5-8-23-11-16(14)24-25-17;/h1-4,12,23H,5-11H2,(H,24,25);1H. The number of carbonyl (C=O) groups is 1. The summed E-state index contributed by atoms with van der Waals surface area (Å²) in [7, 11) is 0. The molecule has 1 saturated heterocycles. The second-order valence-electron chi connectivity index (χ2n) is 7.11. The third-order valence-electron chi connectivity index (χ3n) is 5.50. The van der Waals surface area contributed by atoms with Gasteiger partial charge in [0.15, 0.2) is 5.69 Å². The number of fused-ring (bicyclic) bond motifs is 1. The molecule has 4 rings (SSSR count). The molecule has 152 valence electrons. The number of aromatic amines is 1. The van der Waals surface area contributed by atoms with Crippen molar-refractivity contribution in [1.29, 1.82) is 0 Å². The number of likely N-dealkylation sites (tertiary alicyclic amines) is 1. The van der Waals surface area contributed by atoms with Crippen molar-refractivity contribution in [3.05, 3.63) is 52.3 Å². The second-order valence-corrected chi connectivity index (χ2v) is 7.11. The van der Waals surface area contributed by atoms with Crippen LogP contribution >= 0.6 is 12.4 Å². The Morgan fingerprint density at radius 3 is 2.61 bits per heavy atom. The zero-order valence-corrected chi connectivity index (χ0v) is 16.0. The van der Waals surface area contributed by atoms with Gasteiger partial charge in [0.1, 0.15) is 0 Å². The van der Waals surface area contributed by atoms with E-state index in [0.717, 1.165) is 30.3 Å². The molecule has 0 aliphatic carbocycles. The molecule has 1 fully saturated rings. The molecule has 2 N–H and O–H groups in total. The van der Waals surface area contributed by atoms with E-state index in [1.54, 1.807) is 17.0 Å². The van der Waals surface area contributed by atoms with E-state index >= 15 is 0 Å². The Labute approximate surface area is 167 Å². The van der Waals surface area contributed by atoms with E-state index < -0.39 is 11.7 Å². The topological polar surface area (TPSA) is 61.0 Å². The summed E-state index contributed by atoms with van der Waals surface area (Å²) in [6.45, 7) is 2.36. The number of aromatic nitrogens is 2. The molecule has 0 unspecified atom stereocenters. The van der Waals surface area contributed by atoms with Gasteiger partial charge in [0.2, 0.25) is 0 Å². The third kappa shape index (κ3) is 3.89. The molecule has 0 saturated carbocycles. The Morgan fingerprint density at radius 2 is 1.89 bits per heavy atom. The Bertz CT molecular complexity index is 844. The van der Waals surface area contributed by atoms with Crippen molar-refractivity contribution in [1.82, 2.24) is 20.4 Å². The zero-order valence-electron chi connectivity index (χ0n) is 15.2. The number of benzene rings is 1. The Morgan fingerprint density at radius 1 is 1.18 bits per heavy atom. The average molecular weight is 415 g/mol. The van der Waals surface area contributed by atoms with E-state index in [1.165, 1.54) is 6.07 Å². The molecule has 1 amide bonds. The monoisotopic (exact) mass is 414 g/mol. The number of rotatable bonds is 2. The average Bonchev–Trinajstić information content (AvgIpc) is 3.11. The number of amides is 1. The minimum atomic E-state index is -4.36. The number of carbonyl (C=O) groups excluding carboxylic acids is 1. The molecule has 2 aliphatic heterocycles. The molecule has 0 atom stereocenters. The third-order valence-corrected chi connectivity index (χ3v) is 5.50.